The summed E-state index contributed by atoms with van der Waals surface area (Å²) in [6, 6.07) is 14.9. The zero-order valence-corrected chi connectivity index (χ0v) is 11.8. The molecule has 2 aromatic heterocycles. The van der Waals surface area contributed by atoms with Gasteiger partial charge in [0.1, 0.15) is 0 Å². The molecule has 0 aliphatic rings. The number of benzene rings is 1. The quantitative estimate of drug-likeness (QED) is 0.780. The predicted molar refractivity (Wildman–Crippen MR) is 79.4 cm³/mol. The maximum absolute atomic E-state index is 4.07. The zero-order valence-electron chi connectivity index (χ0n) is 10.2. The lowest BCUT2D eigenvalue weighted by molar-refractivity contribution is 0.603. The summed E-state index contributed by atoms with van der Waals surface area (Å²) >= 11 is 3.15. The molecule has 0 radical (unpaired) electrons. The standard InChI is InChI=1S/C14H13N3S2/c1-2-5-11(6-3-1)14(13-7-4-8-18-13)15-9-12-10-19-17-16-12/h1-8,10,14-15H,9H2. The predicted octanol–water partition coefficient (Wildman–Crippen LogP) is 3.48. The SMILES string of the molecule is c1ccc(C(NCc2csnn2)c2cccs2)cc1. The lowest BCUT2D eigenvalue weighted by atomic mass is 10.1. The number of rotatable bonds is 5. The topological polar surface area (TPSA) is 37.8 Å². The Kier molecular flexibility index (Phi) is 3.98. The molecular weight excluding hydrogens is 274 g/mol. The average Bonchev–Trinajstić information content (AvgIpc) is 3.13. The largest absolute Gasteiger partial charge is 0.300 e. The summed E-state index contributed by atoms with van der Waals surface area (Å²) < 4.78 is 3.89. The Hall–Kier alpha value is -1.56. The zero-order chi connectivity index (χ0) is 12.9. The van der Waals surface area contributed by atoms with Gasteiger partial charge in [-0.1, -0.05) is 40.9 Å². The number of thiophene rings is 1. The van der Waals surface area contributed by atoms with Crippen molar-refractivity contribution in [2.45, 2.75) is 12.6 Å². The van der Waals surface area contributed by atoms with Crippen LogP contribution in [0, 0.1) is 0 Å². The van der Waals surface area contributed by atoms with Gasteiger partial charge in [0.2, 0.25) is 0 Å². The van der Waals surface area contributed by atoms with E-state index in [0.717, 1.165) is 12.2 Å². The Morgan fingerprint density at radius 2 is 2.00 bits per heavy atom. The molecule has 5 heteroatoms. The van der Waals surface area contributed by atoms with Gasteiger partial charge in [-0.15, -0.1) is 16.4 Å². The Morgan fingerprint density at radius 1 is 1.11 bits per heavy atom. The number of hydrogen-bond donors (Lipinski definition) is 1. The van der Waals surface area contributed by atoms with Gasteiger partial charge in [-0.05, 0) is 28.5 Å². The summed E-state index contributed by atoms with van der Waals surface area (Å²) in [5.74, 6) is 0. The van der Waals surface area contributed by atoms with E-state index < -0.39 is 0 Å². The van der Waals surface area contributed by atoms with E-state index in [1.807, 2.05) is 11.4 Å². The molecular formula is C14H13N3S2. The minimum Gasteiger partial charge on any atom is -0.300 e. The molecule has 0 aliphatic carbocycles. The number of nitrogens with zero attached hydrogens (tertiary/aromatic N) is 2. The molecule has 2 heterocycles. The number of aromatic nitrogens is 2. The van der Waals surface area contributed by atoms with E-state index in [2.05, 4.69) is 56.7 Å². The molecule has 0 spiro atoms. The third-order valence-corrected chi connectivity index (χ3v) is 4.34. The molecule has 1 atom stereocenters. The molecule has 3 rings (SSSR count). The number of nitrogens with one attached hydrogen (secondary N) is 1. The van der Waals surface area contributed by atoms with E-state index >= 15 is 0 Å². The Morgan fingerprint density at radius 3 is 2.68 bits per heavy atom. The van der Waals surface area contributed by atoms with Gasteiger partial charge in [0.05, 0.1) is 11.7 Å². The van der Waals surface area contributed by atoms with Gasteiger partial charge >= 0.3 is 0 Å². The third-order valence-electron chi connectivity index (χ3n) is 2.85. The fourth-order valence-electron chi connectivity index (χ4n) is 1.95. The van der Waals surface area contributed by atoms with Crippen molar-refractivity contribution in [3.63, 3.8) is 0 Å². The molecule has 3 nitrogen and oxygen atoms in total. The second-order valence-electron chi connectivity index (χ2n) is 4.14. The second kappa shape index (κ2) is 6.06. The van der Waals surface area contributed by atoms with E-state index in [0.29, 0.717) is 0 Å². The molecule has 0 aliphatic heterocycles. The van der Waals surface area contributed by atoms with Gasteiger partial charge in [-0.25, -0.2) is 0 Å². The van der Waals surface area contributed by atoms with Gasteiger partial charge in [0, 0.05) is 16.8 Å². The molecule has 1 N–H and O–H groups in total. The smallest absolute Gasteiger partial charge is 0.0893 e. The maximum Gasteiger partial charge on any atom is 0.0893 e. The first-order chi connectivity index (χ1) is 9.43. The number of hydrogen-bond acceptors (Lipinski definition) is 5. The van der Waals surface area contributed by atoms with Crippen molar-refractivity contribution in [3.05, 3.63) is 69.4 Å². The van der Waals surface area contributed by atoms with Crippen molar-refractivity contribution >= 4 is 22.9 Å². The van der Waals surface area contributed by atoms with Crippen molar-refractivity contribution in [1.82, 2.24) is 14.9 Å². The van der Waals surface area contributed by atoms with Gasteiger partial charge in [-0.3, -0.25) is 5.32 Å². The molecule has 0 fully saturated rings. The van der Waals surface area contributed by atoms with Crippen LogP contribution in [0.1, 0.15) is 22.2 Å². The lowest BCUT2D eigenvalue weighted by Crippen LogP contribution is -2.21. The fraction of sp³-hybridized carbons (Fsp3) is 0.143. The van der Waals surface area contributed by atoms with Crippen molar-refractivity contribution in [3.8, 4) is 0 Å². The average molecular weight is 287 g/mol. The highest BCUT2D eigenvalue weighted by atomic mass is 32.1. The van der Waals surface area contributed by atoms with Gasteiger partial charge in [0.25, 0.3) is 0 Å². The van der Waals surface area contributed by atoms with Crippen molar-refractivity contribution in [1.29, 1.82) is 0 Å². The first-order valence-corrected chi connectivity index (χ1v) is 7.73. The van der Waals surface area contributed by atoms with Crippen LogP contribution in [0.3, 0.4) is 0 Å². The van der Waals surface area contributed by atoms with Crippen LogP contribution in [-0.4, -0.2) is 9.59 Å². The Balaban J connectivity index is 1.81. The molecule has 1 aromatic carbocycles. The highest BCUT2D eigenvalue weighted by Crippen LogP contribution is 2.26. The molecule has 0 bridgehead atoms. The highest BCUT2D eigenvalue weighted by Gasteiger charge is 2.14. The van der Waals surface area contributed by atoms with Gasteiger partial charge < -0.3 is 0 Å². The van der Waals surface area contributed by atoms with Crippen LogP contribution in [0.25, 0.3) is 0 Å². The van der Waals surface area contributed by atoms with E-state index in [-0.39, 0.29) is 6.04 Å². The van der Waals surface area contributed by atoms with Crippen molar-refractivity contribution in [2.24, 2.45) is 0 Å². The van der Waals surface area contributed by atoms with Crippen LogP contribution < -0.4 is 5.32 Å². The fourth-order valence-corrected chi connectivity index (χ4v) is 3.23. The first-order valence-electron chi connectivity index (χ1n) is 6.01. The Bertz CT molecular complexity index is 591. The summed E-state index contributed by atoms with van der Waals surface area (Å²) in [5, 5.41) is 11.7. The summed E-state index contributed by atoms with van der Waals surface area (Å²) in [6.07, 6.45) is 0. The van der Waals surface area contributed by atoms with Crippen LogP contribution in [0.5, 0.6) is 0 Å². The summed E-state index contributed by atoms with van der Waals surface area (Å²) in [7, 11) is 0. The lowest BCUT2D eigenvalue weighted by Gasteiger charge is -2.17. The molecule has 3 aromatic rings. The van der Waals surface area contributed by atoms with Gasteiger partial charge in [0.15, 0.2) is 0 Å². The van der Waals surface area contributed by atoms with Crippen LogP contribution in [-0.2, 0) is 6.54 Å². The van der Waals surface area contributed by atoms with E-state index in [1.165, 1.54) is 22.0 Å². The van der Waals surface area contributed by atoms with Crippen LogP contribution in [0.2, 0.25) is 0 Å². The first kappa shape index (κ1) is 12.5. The molecule has 0 saturated heterocycles. The Labute approximate surface area is 120 Å². The summed E-state index contributed by atoms with van der Waals surface area (Å²) in [5.41, 5.74) is 2.26. The highest BCUT2D eigenvalue weighted by molar-refractivity contribution is 7.10. The summed E-state index contributed by atoms with van der Waals surface area (Å²) in [6.45, 7) is 0.730. The molecule has 96 valence electrons. The monoisotopic (exact) mass is 287 g/mol. The van der Waals surface area contributed by atoms with Gasteiger partial charge in [-0.2, -0.15) is 0 Å². The molecule has 19 heavy (non-hydrogen) atoms. The van der Waals surface area contributed by atoms with Crippen molar-refractivity contribution in [2.75, 3.05) is 0 Å². The normalized spacial score (nSPS) is 12.4. The van der Waals surface area contributed by atoms with E-state index in [1.54, 1.807) is 11.3 Å². The maximum atomic E-state index is 4.07. The minimum absolute atomic E-state index is 0.211. The van der Waals surface area contributed by atoms with E-state index in [4.69, 9.17) is 0 Å². The summed E-state index contributed by atoms with van der Waals surface area (Å²) in [4.78, 5) is 1.31. The van der Waals surface area contributed by atoms with Crippen LogP contribution in [0.4, 0.5) is 0 Å². The van der Waals surface area contributed by atoms with Crippen LogP contribution in [0.15, 0.2) is 53.2 Å². The van der Waals surface area contributed by atoms with Crippen LogP contribution >= 0.6 is 22.9 Å². The van der Waals surface area contributed by atoms with Crippen molar-refractivity contribution < 1.29 is 0 Å². The third kappa shape index (κ3) is 3.07. The van der Waals surface area contributed by atoms with E-state index in [9.17, 15) is 0 Å². The minimum atomic E-state index is 0.211. The molecule has 0 amide bonds. The second-order valence-corrected chi connectivity index (χ2v) is 5.73. The molecule has 1 unspecified atom stereocenters. The molecule has 0 saturated carbocycles.